The molecule has 0 saturated carbocycles. The maximum Gasteiger partial charge on any atom is 0.306 e. The highest BCUT2D eigenvalue weighted by atomic mass is 16.6. The molecule has 0 fully saturated rings. The Morgan fingerprint density at radius 2 is 0.661 bits per heavy atom. The van der Waals surface area contributed by atoms with Crippen molar-refractivity contribution >= 4 is 17.9 Å². The molecule has 6 nitrogen and oxygen atoms in total. The molecule has 0 aliphatic rings. The van der Waals surface area contributed by atoms with Crippen LogP contribution in [0, 0.1) is 0 Å². The molecule has 0 heterocycles. The molecule has 0 N–H and O–H groups in total. The Morgan fingerprint density at radius 1 is 0.339 bits per heavy atom. The van der Waals surface area contributed by atoms with Gasteiger partial charge in [-0.2, -0.15) is 0 Å². The number of hydrogen-bond acceptors (Lipinski definition) is 6. The topological polar surface area (TPSA) is 78.9 Å². The minimum atomic E-state index is -0.815. The number of unbranched alkanes of at least 4 members (excludes halogenated alkanes) is 27. The van der Waals surface area contributed by atoms with E-state index >= 15 is 0 Å². The molecule has 62 heavy (non-hydrogen) atoms. The van der Waals surface area contributed by atoms with Gasteiger partial charge in [-0.1, -0.05) is 241 Å². The molecule has 356 valence electrons. The number of hydrogen-bond donors (Lipinski definition) is 0. The lowest BCUT2D eigenvalue weighted by Gasteiger charge is -2.18. The Hall–Kier alpha value is -3.15. The first-order valence-electron chi connectivity index (χ1n) is 26.0. The van der Waals surface area contributed by atoms with Gasteiger partial charge in [0.15, 0.2) is 6.10 Å². The summed E-state index contributed by atoms with van der Waals surface area (Å²) in [5.74, 6) is -0.995. The molecule has 0 saturated heterocycles. The molecular weight excluding hydrogens is 769 g/mol. The van der Waals surface area contributed by atoms with Crippen LogP contribution < -0.4 is 0 Å². The van der Waals surface area contributed by atoms with Crippen LogP contribution in [0.3, 0.4) is 0 Å². The summed E-state index contributed by atoms with van der Waals surface area (Å²) < 4.78 is 16.7. The third-order valence-corrected chi connectivity index (χ3v) is 11.1. The van der Waals surface area contributed by atoms with E-state index in [0.29, 0.717) is 19.3 Å². The summed E-state index contributed by atoms with van der Waals surface area (Å²) in [6, 6.07) is 0. The number of esters is 3. The van der Waals surface area contributed by atoms with E-state index in [1.165, 1.54) is 135 Å². The smallest absolute Gasteiger partial charge is 0.306 e. The van der Waals surface area contributed by atoms with Crippen molar-refractivity contribution in [2.75, 3.05) is 13.2 Å². The van der Waals surface area contributed by atoms with Crippen LogP contribution in [0.4, 0.5) is 0 Å². The van der Waals surface area contributed by atoms with Crippen LogP contribution in [-0.2, 0) is 28.6 Å². The van der Waals surface area contributed by atoms with E-state index in [1.54, 1.807) is 0 Å². The largest absolute Gasteiger partial charge is 0.462 e. The van der Waals surface area contributed by atoms with Gasteiger partial charge in [-0.05, 0) is 57.8 Å². The Kier molecular flexibility index (Phi) is 47.9. The van der Waals surface area contributed by atoms with Crippen LogP contribution in [0.5, 0.6) is 0 Å². The fraction of sp³-hybridized carbons (Fsp3) is 0.732. The van der Waals surface area contributed by atoms with E-state index in [1.807, 2.05) is 54.7 Å². The zero-order valence-electron chi connectivity index (χ0n) is 40.6. The van der Waals surface area contributed by atoms with Gasteiger partial charge >= 0.3 is 17.9 Å². The maximum absolute atomic E-state index is 12.7. The number of carbonyl (C=O) groups is 3. The van der Waals surface area contributed by atoms with E-state index in [9.17, 15) is 14.4 Å². The predicted octanol–water partition coefficient (Wildman–Crippen LogP) is 17.0. The fourth-order valence-corrected chi connectivity index (χ4v) is 7.17. The van der Waals surface area contributed by atoms with Gasteiger partial charge in [0.05, 0.1) is 0 Å². The van der Waals surface area contributed by atoms with Gasteiger partial charge in [-0.15, -0.1) is 0 Å². The standard InChI is InChI=1S/C56H96O6/c1-4-7-10-13-16-19-22-25-26-27-28-29-32-34-37-40-43-46-49-55(58)61-52-53(62-56(59)50-47-44-41-38-35-31-24-21-18-15-12-9-6-3)51-60-54(57)48-45-42-39-36-33-30-23-20-17-14-11-8-5-2/h9,12,15,18,21,24,30-31,33,35,38,41,53H,4-8,10-11,13-14,16-17,19-20,22-23,25-29,32,34,36-37,39-40,42-52H2,1-3H3/b12-9-,18-15-,24-21-,33-30-,35-31-,41-38-. The quantitative estimate of drug-likeness (QED) is 0.0199. The summed E-state index contributed by atoms with van der Waals surface area (Å²) in [6.07, 6.45) is 63.3. The monoisotopic (exact) mass is 865 g/mol. The summed E-state index contributed by atoms with van der Waals surface area (Å²) in [7, 11) is 0. The van der Waals surface area contributed by atoms with Gasteiger partial charge in [0.25, 0.3) is 0 Å². The van der Waals surface area contributed by atoms with Crippen molar-refractivity contribution in [3.63, 3.8) is 0 Å². The van der Waals surface area contributed by atoms with Gasteiger partial charge in [-0.3, -0.25) is 14.4 Å². The molecule has 0 radical (unpaired) electrons. The lowest BCUT2D eigenvalue weighted by atomic mass is 10.0. The van der Waals surface area contributed by atoms with Gasteiger partial charge in [0, 0.05) is 19.3 Å². The van der Waals surface area contributed by atoms with Gasteiger partial charge < -0.3 is 14.2 Å². The normalized spacial score (nSPS) is 12.6. The first kappa shape index (κ1) is 58.9. The molecular formula is C56H96O6. The van der Waals surface area contributed by atoms with E-state index in [4.69, 9.17) is 14.2 Å². The second-order valence-corrected chi connectivity index (χ2v) is 17.2. The molecule has 0 aromatic carbocycles. The zero-order valence-corrected chi connectivity index (χ0v) is 40.6. The lowest BCUT2D eigenvalue weighted by Crippen LogP contribution is -2.30. The fourth-order valence-electron chi connectivity index (χ4n) is 7.17. The zero-order chi connectivity index (χ0) is 45.1. The number of allylic oxidation sites excluding steroid dienone is 12. The molecule has 0 aliphatic heterocycles. The van der Waals surface area contributed by atoms with Crippen molar-refractivity contribution in [1.29, 1.82) is 0 Å². The number of rotatable bonds is 46. The number of carbonyl (C=O) groups excluding carboxylic acids is 3. The summed E-state index contributed by atoms with van der Waals surface area (Å²) >= 11 is 0. The minimum Gasteiger partial charge on any atom is -0.462 e. The lowest BCUT2D eigenvalue weighted by molar-refractivity contribution is -0.167. The summed E-state index contributed by atoms with van der Waals surface area (Å²) in [5, 5.41) is 0. The van der Waals surface area contributed by atoms with Crippen LogP contribution in [0.2, 0.25) is 0 Å². The van der Waals surface area contributed by atoms with E-state index in [-0.39, 0.29) is 37.5 Å². The molecule has 6 heteroatoms. The highest BCUT2D eigenvalue weighted by molar-refractivity contribution is 5.71. The third kappa shape index (κ3) is 47.9. The summed E-state index contributed by atoms with van der Waals surface area (Å²) in [5.41, 5.74) is 0. The van der Waals surface area contributed by atoms with Crippen molar-refractivity contribution in [1.82, 2.24) is 0 Å². The second kappa shape index (κ2) is 50.5. The highest BCUT2D eigenvalue weighted by Gasteiger charge is 2.19. The van der Waals surface area contributed by atoms with Crippen LogP contribution in [0.15, 0.2) is 72.9 Å². The Labute approximate surface area is 382 Å². The second-order valence-electron chi connectivity index (χ2n) is 17.2. The van der Waals surface area contributed by atoms with Gasteiger partial charge in [-0.25, -0.2) is 0 Å². The van der Waals surface area contributed by atoms with Crippen LogP contribution in [0.1, 0.15) is 245 Å². The van der Waals surface area contributed by atoms with E-state index in [0.717, 1.165) is 64.2 Å². The minimum absolute atomic E-state index is 0.107. The van der Waals surface area contributed by atoms with Crippen LogP contribution in [-0.4, -0.2) is 37.2 Å². The molecule has 1 atom stereocenters. The van der Waals surface area contributed by atoms with Gasteiger partial charge in [0.2, 0.25) is 0 Å². The average molecular weight is 865 g/mol. The molecule has 0 amide bonds. The van der Waals surface area contributed by atoms with Crippen molar-refractivity contribution in [2.24, 2.45) is 0 Å². The third-order valence-electron chi connectivity index (χ3n) is 11.1. The van der Waals surface area contributed by atoms with Crippen molar-refractivity contribution in [3.8, 4) is 0 Å². The SMILES string of the molecule is CC\C=C/C=C\C=C/C=C\C=C/CCCC(=O)OC(COC(=O)CCCCC/C=C\CCCCCCCC)COC(=O)CCCCCCCCCCCCCCCCCCCC. The average Bonchev–Trinajstić information content (AvgIpc) is 3.27. The van der Waals surface area contributed by atoms with Crippen molar-refractivity contribution in [2.45, 2.75) is 252 Å². The van der Waals surface area contributed by atoms with Crippen molar-refractivity contribution in [3.05, 3.63) is 72.9 Å². The first-order valence-corrected chi connectivity index (χ1v) is 26.0. The van der Waals surface area contributed by atoms with Crippen LogP contribution in [0.25, 0.3) is 0 Å². The Balaban J connectivity index is 4.43. The summed E-state index contributed by atoms with van der Waals surface area (Å²) in [4.78, 5) is 37.9. The predicted molar refractivity (Wildman–Crippen MR) is 265 cm³/mol. The molecule has 1 unspecified atom stereocenters. The number of ether oxygens (including phenoxy) is 3. The Morgan fingerprint density at radius 3 is 1.08 bits per heavy atom. The van der Waals surface area contributed by atoms with E-state index < -0.39 is 6.10 Å². The maximum atomic E-state index is 12.7. The molecule has 0 aliphatic carbocycles. The Bertz CT molecular complexity index is 1180. The molecule has 0 aromatic rings. The first-order chi connectivity index (χ1) is 30.5. The van der Waals surface area contributed by atoms with Crippen molar-refractivity contribution < 1.29 is 28.6 Å². The molecule has 0 bridgehead atoms. The molecule has 0 spiro atoms. The van der Waals surface area contributed by atoms with Crippen LogP contribution >= 0.6 is 0 Å². The van der Waals surface area contributed by atoms with Gasteiger partial charge in [0.1, 0.15) is 13.2 Å². The molecule has 0 rings (SSSR count). The highest BCUT2D eigenvalue weighted by Crippen LogP contribution is 2.15. The summed E-state index contributed by atoms with van der Waals surface area (Å²) in [6.45, 7) is 6.42. The molecule has 0 aromatic heterocycles. The van der Waals surface area contributed by atoms with E-state index in [2.05, 4.69) is 39.0 Å².